The monoisotopic (exact) mass is 221 g/mol. The predicted molar refractivity (Wildman–Crippen MR) is 69.5 cm³/mol. The van der Waals surface area contributed by atoms with Gasteiger partial charge in [0.2, 0.25) is 0 Å². The van der Waals surface area contributed by atoms with E-state index in [1.165, 1.54) is 5.56 Å². The van der Waals surface area contributed by atoms with Crippen LogP contribution in [-0.2, 0) is 6.54 Å². The summed E-state index contributed by atoms with van der Waals surface area (Å²) in [6, 6.07) is 10.5. The van der Waals surface area contributed by atoms with Crippen LogP contribution in [0.5, 0.6) is 0 Å². The largest absolute Gasteiger partial charge is 0.244 e. The van der Waals surface area contributed by atoms with E-state index in [-0.39, 0.29) is 0 Å². The molecule has 0 heterocycles. The van der Waals surface area contributed by atoms with Crippen LogP contribution in [0.1, 0.15) is 32.8 Å². The van der Waals surface area contributed by atoms with Gasteiger partial charge in [0.05, 0.1) is 13.1 Å². The molecule has 0 aromatic heterocycles. The lowest BCUT2D eigenvalue weighted by Gasteiger charge is -2.34. The Bertz CT molecular complexity index is 295. The van der Waals surface area contributed by atoms with Crippen molar-refractivity contribution in [1.29, 1.82) is 0 Å². The maximum Gasteiger partial charge on any atom is 0.122 e. The SMILES string of the molecule is CCC[N+](N)(Cc1ccccc1)CC(C)C. The Morgan fingerprint density at radius 1 is 1.19 bits per heavy atom. The minimum absolute atomic E-state index is 0.639. The van der Waals surface area contributed by atoms with Crippen molar-refractivity contribution in [2.75, 3.05) is 13.1 Å². The van der Waals surface area contributed by atoms with E-state index in [4.69, 9.17) is 5.84 Å². The number of benzene rings is 1. The van der Waals surface area contributed by atoms with Crippen molar-refractivity contribution in [2.24, 2.45) is 11.8 Å². The molecule has 1 aromatic carbocycles. The summed E-state index contributed by atoms with van der Waals surface area (Å²) in [5.41, 5.74) is 1.33. The number of nitrogens with two attached hydrogens (primary N) is 1. The van der Waals surface area contributed by atoms with Crippen LogP contribution in [0.25, 0.3) is 0 Å². The second-order valence-corrected chi connectivity index (χ2v) is 5.16. The van der Waals surface area contributed by atoms with Crippen LogP contribution in [0.4, 0.5) is 0 Å². The lowest BCUT2D eigenvalue weighted by Crippen LogP contribution is -2.55. The van der Waals surface area contributed by atoms with E-state index in [1.54, 1.807) is 0 Å². The summed E-state index contributed by atoms with van der Waals surface area (Å²) in [5.74, 6) is 7.12. The zero-order valence-corrected chi connectivity index (χ0v) is 10.8. The van der Waals surface area contributed by atoms with Crippen molar-refractivity contribution in [1.82, 2.24) is 0 Å². The maximum absolute atomic E-state index is 6.48. The molecule has 0 amide bonds. The highest BCUT2D eigenvalue weighted by Gasteiger charge is 2.23. The van der Waals surface area contributed by atoms with Gasteiger partial charge in [-0.3, -0.25) is 0 Å². The molecule has 0 bridgehead atoms. The molecule has 90 valence electrons. The van der Waals surface area contributed by atoms with Crippen molar-refractivity contribution in [3.63, 3.8) is 0 Å². The van der Waals surface area contributed by atoms with Crippen LogP contribution in [-0.4, -0.2) is 17.7 Å². The summed E-state index contributed by atoms with van der Waals surface area (Å²) in [4.78, 5) is 0. The first-order valence-corrected chi connectivity index (χ1v) is 6.24. The molecule has 0 aliphatic rings. The molecule has 0 aliphatic carbocycles. The van der Waals surface area contributed by atoms with E-state index < -0.39 is 0 Å². The van der Waals surface area contributed by atoms with Gasteiger partial charge in [-0.05, 0) is 6.42 Å². The molecule has 1 aromatic rings. The van der Waals surface area contributed by atoms with Crippen molar-refractivity contribution < 1.29 is 4.59 Å². The lowest BCUT2D eigenvalue weighted by atomic mass is 10.1. The molecule has 16 heavy (non-hydrogen) atoms. The van der Waals surface area contributed by atoms with Gasteiger partial charge in [-0.2, -0.15) is 5.84 Å². The first kappa shape index (κ1) is 13.2. The third-order valence-electron chi connectivity index (χ3n) is 2.74. The number of hydrogen-bond donors (Lipinski definition) is 1. The Hall–Kier alpha value is -0.860. The Balaban J connectivity index is 2.70. The first-order chi connectivity index (χ1) is 7.56. The van der Waals surface area contributed by atoms with E-state index in [0.29, 0.717) is 10.5 Å². The highest BCUT2D eigenvalue weighted by molar-refractivity contribution is 5.13. The third kappa shape index (κ3) is 4.33. The van der Waals surface area contributed by atoms with Crippen molar-refractivity contribution >= 4 is 0 Å². The number of hydrogen-bond acceptors (Lipinski definition) is 1. The van der Waals surface area contributed by atoms with Gasteiger partial charge in [0.15, 0.2) is 0 Å². The summed E-state index contributed by atoms with van der Waals surface area (Å²) in [6.07, 6.45) is 1.13. The molecule has 1 unspecified atom stereocenters. The minimum Gasteiger partial charge on any atom is -0.244 e. The van der Waals surface area contributed by atoms with Gasteiger partial charge >= 0.3 is 0 Å². The first-order valence-electron chi connectivity index (χ1n) is 6.24. The minimum atomic E-state index is 0.639. The van der Waals surface area contributed by atoms with Crippen LogP contribution < -0.4 is 5.84 Å². The van der Waals surface area contributed by atoms with Gasteiger partial charge in [-0.25, -0.2) is 4.59 Å². The molecule has 0 saturated heterocycles. The van der Waals surface area contributed by atoms with E-state index in [2.05, 4.69) is 51.1 Å². The zero-order valence-electron chi connectivity index (χ0n) is 10.8. The second-order valence-electron chi connectivity index (χ2n) is 5.16. The number of rotatable bonds is 6. The second kappa shape index (κ2) is 6.02. The lowest BCUT2D eigenvalue weighted by molar-refractivity contribution is -0.955. The summed E-state index contributed by atoms with van der Waals surface area (Å²) >= 11 is 0. The van der Waals surface area contributed by atoms with Crippen molar-refractivity contribution in [3.05, 3.63) is 35.9 Å². The van der Waals surface area contributed by atoms with Gasteiger partial charge in [0.25, 0.3) is 0 Å². The molecule has 2 heteroatoms. The third-order valence-corrected chi connectivity index (χ3v) is 2.74. The van der Waals surface area contributed by atoms with Gasteiger partial charge in [-0.1, -0.05) is 51.1 Å². The van der Waals surface area contributed by atoms with Crippen LogP contribution in [0.3, 0.4) is 0 Å². The predicted octanol–water partition coefficient (Wildman–Crippen LogP) is 2.94. The maximum atomic E-state index is 6.48. The normalized spacial score (nSPS) is 15.1. The Morgan fingerprint density at radius 2 is 1.81 bits per heavy atom. The van der Waals surface area contributed by atoms with Crippen LogP contribution in [0, 0.1) is 5.92 Å². The number of nitrogens with zero attached hydrogens (tertiary/aromatic N) is 1. The summed E-state index contributed by atoms with van der Waals surface area (Å²) in [7, 11) is 0. The Labute approximate surface area is 99.6 Å². The number of quaternary nitrogens is 1. The van der Waals surface area contributed by atoms with Crippen molar-refractivity contribution in [2.45, 2.75) is 33.7 Å². The van der Waals surface area contributed by atoms with E-state index in [1.807, 2.05) is 0 Å². The highest BCUT2D eigenvalue weighted by atomic mass is 15.6. The topological polar surface area (TPSA) is 26.0 Å². The molecular weight excluding hydrogens is 196 g/mol. The van der Waals surface area contributed by atoms with Gasteiger partial charge < -0.3 is 0 Å². The van der Waals surface area contributed by atoms with Crippen molar-refractivity contribution in [3.8, 4) is 0 Å². The molecule has 2 nitrogen and oxygen atoms in total. The molecular formula is C14H25N2+. The average Bonchev–Trinajstić information content (AvgIpc) is 2.17. The smallest absolute Gasteiger partial charge is 0.122 e. The molecule has 0 radical (unpaired) electrons. The fourth-order valence-corrected chi connectivity index (χ4v) is 2.35. The molecule has 1 rings (SSSR count). The quantitative estimate of drug-likeness (QED) is 0.446. The van der Waals surface area contributed by atoms with Gasteiger partial charge in [-0.15, -0.1) is 0 Å². The molecule has 0 saturated carbocycles. The summed E-state index contributed by atoms with van der Waals surface area (Å²) in [5, 5.41) is 0. The van der Waals surface area contributed by atoms with Gasteiger partial charge in [0.1, 0.15) is 6.54 Å². The molecule has 1 atom stereocenters. The average molecular weight is 221 g/mol. The van der Waals surface area contributed by atoms with E-state index in [0.717, 1.165) is 26.1 Å². The van der Waals surface area contributed by atoms with Gasteiger partial charge in [0, 0.05) is 11.5 Å². The van der Waals surface area contributed by atoms with E-state index in [9.17, 15) is 0 Å². The fourth-order valence-electron chi connectivity index (χ4n) is 2.35. The highest BCUT2D eigenvalue weighted by Crippen LogP contribution is 2.13. The summed E-state index contributed by atoms with van der Waals surface area (Å²) < 4.78 is 0.665. The molecule has 0 fully saturated rings. The van der Waals surface area contributed by atoms with E-state index >= 15 is 0 Å². The van der Waals surface area contributed by atoms with Crippen LogP contribution in [0.2, 0.25) is 0 Å². The molecule has 0 spiro atoms. The molecule has 2 N–H and O–H groups in total. The standard InChI is InChI=1S/C14H25N2/c1-4-10-16(15,11-13(2)3)12-14-8-6-5-7-9-14/h5-9,13H,4,10-12,15H2,1-3H3/q+1. The zero-order chi connectivity index (χ0) is 12.0. The fraction of sp³-hybridized carbons (Fsp3) is 0.571. The molecule has 0 aliphatic heterocycles. The van der Waals surface area contributed by atoms with Crippen LogP contribution >= 0.6 is 0 Å². The summed E-state index contributed by atoms with van der Waals surface area (Å²) in [6.45, 7) is 9.70. The van der Waals surface area contributed by atoms with Crippen LogP contribution in [0.15, 0.2) is 30.3 Å². The Kier molecular flexibility index (Phi) is 4.97. The Morgan fingerprint density at radius 3 is 2.31 bits per heavy atom.